The SMILES string of the molecule is CC[C@H](C)[C@H](N)C(=O)Nc1nnc(C)c(C)n1. The summed E-state index contributed by atoms with van der Waals surface area (Å²) in [6, 6.07) is -0.551. The molecule has 2 atom stereocenters. The number of aromatic nitrogens is 3. The lowest BCUT2D eigenvalue weighted by atomic mass is 10.00. The lowest BCUT2D eigenvalue weighted by Crippen LogP contribution is -2.41. The summed E-state index contributed by atoms with van der Waals surface area (Å²) < 4.78 is 0. The summed E-state index contributed by atoms with van der Waals surface area (Å²) in [5.41, 5.74) is 7.29. The Bertz CT molecular complexity index is 407. The first-order valence-corrected chi connectivity index (χ1v) is 5.70. The van der Waals surface area contributed by atoms with Crippen LogP contribution in [0.1, 0.15) is 31.7 Å². The van der Waals surface area contributed by atoms with Crippen molar-refractivity contribution in [2.24, 2.45) is 11.7 Å². The predicted molar refractivity (Wildman–Crippen MR) is 65.4 cm³/mol. The molecule has 0 spiro atoms. The number of nitrogens with zero attached hydrogens (tertiary/aromatic N) is 3. The lowest BCUT2D eigenvalue weighted by Gasteiger charge is -2.16. The van der Waals surface area contributed by atoms with Crippen LogP contribution in [-0.4, -0.2) is 27.1 Å². The molecule has 1 rings (SSSR count). The Morgan fingerprint density at radius 2 is 2.00 bits per heavy atom. The summed E-state index contributed by atoms with van der Waals surface area (Å²) in [6.07, 6.45) is 0.848. The van der Waals surface area contributed by atoms with Gasteiger partial charge in [-0.2, -0.15) is 5.10 Å². The van der Waals surface area contributed by atoms with Gasteiger partial charge in [-0.25, -0.2) is 4.98 Å². The maximum absolute atomic E-state index is 11.8. The standard InChI is InChI=1S/C11H19N5O/c1-5-6(2)9(12)10(17)14-11-13-7(3)8(4)15-16-11/h6,9H,5,12H2,1-4H3,(H,13,14,16,17)/t6-,9-/m0/s1. The molecule has 0 aliphatic carbocycles. The van der Waals surface area contributed by atoms with Gasteiger partial charge in [0.05, 0.1) is 17.4 Å². The van der Waals surface area contributed by atoms with E-state index in [9.17, 15) is 4.79 Å². The minimum atomic E-state index is -0.551. The maximum Gasteiger partial charge on any atom is 0.249 e. The van der Waals surface area contributed by atoms with Crippen molar-refractivity contribution in [2.45, 2.75) is 40.2 Å². The summed E-state index contributed by atoms with van der Waals surface area (Å²) in [6.45, 7) is 7.55. The number of anilines is 1. The summed E-state index contributed by atoms with van der Waals surface area (Å²) in [5.74, 6) is 0.0516. The third kappa shape index (κ3) is 3.45. The van der Waals surface area contributed by atoms with E-state index in [1.54, 1.807) is 0 Å². The number of rotatable bonds is 4. The monoisotopic (exact) mass is 237 g/mol. The molecule has 6 nitrogen and oxygen atoms in total. The van der Waals surface area contributed by atoms with E-state index in [4.69, 9.17) is 5.73 Å². The molecule has 0 saturated heterocycles. The highest BCUT2D eigenvalue weighted by Gasteiger charge is 2.20. The Hall–Kier alpha value is -1.56. The molecule has 0 aliphatic heterocycles. The third-order valence-corrected chi connectivity index (χ3v) is 2.89. The molecular weight excluding hydrogens is 218 g/mol. The topological polar surface area (TPSA) is 93.8 Å². The molecule has 0 fully saturated rings. The molecule has 0 aliphatic rings. The zero-order valence-corrected chi connectivity index (χ0v) is 10.7. The van der Waals surface area contributed by atoms with Gasteiger partial charge in [-0.15, -0.1) is 5.10 Å². The third-order valence-electron chi connectivity index (χ3n) is 2.89. The van der Waals surface area contributed by atoms with Gasteiger partial charge in [-0.3, -0.25) is 10.1 Å². The summed E-state index contributed by atoms with van der Waals surface area (Å²) >= 11 is 0. The van der Waals surface area contributed by atoms with Gasteiger partial charge in [0.1, 0.15) is 0 Å². The Kier molecular flexibility index (Phi) is 4.51. The second kappa shape index (κ2) is 5.67. The van der Waals surface area contributed by atoms with Crippen molar-refractivity contribution in [1.29, 1.82) is 0 Å². The molecule has 1 amide bonds. The highest BCUT2D eigenvalue weighted by Crippen LogP contribution is 2.08. The molecule has 0 radical (unpaired) electrons. The summed E-state index contributed by atoms with van der Waals surface area (Å²) in [5, 5.41) is 10.3. The number of nitrogens with one attached hydrogen (secondary N) is 1. The first-order chi connectivity index (χ1) is 7.95. The van der Waals surface area contributed by atoms with Crippen molar-refractivity contribution in [3.05, 3.63) is 11.4 Å². The molecule has 1 heterocycles. The molecule has 1 aromatic heterocycles. The van der Waals surface area contributed by atoms with Gasteiger partial charge in [-0.1, -0.05) is 20.3 Å². The van der Waals surface area contributed by atoms with Gasteiger partial charge < -0.3 is 5.73 Å². The van der Waals surface area contributed by atoms with Crippen LogP contribution in [0.4, 0.5) is 5.95 Å². The normalized spacial score (nSPS) is 14.2. The van der Waals surface area contributed by atoms with Gasteiger partial charge >= 0.3 is 0 Å². The van der Waals surface area contributed by atoms with Gasteiger partial charge in [0, 0.05) is 0 Å². The lowest BCUT2D eigenvalue weighted by molar-refractivity contribution is -0.118. The molecule has 0 bridgehead atoms. The first kappa shape index (κ1) is 13.5. The van der Waals surface area contributed by atoms with Crippen LogP contribution in [-0.2, 0) is 4.79 Å². The minimum absolute atomic E-state index is 0.120. The fourth-order valence-corrected chi connectivity index (χ4v) is 1.22. The van der Waals surface area contributed by atoms with Gasteiger partial charge in [0.25, 0.3) is 0 Å². The van der Waals surface area contributed by atoms with Crippen molar-refractivity contribution >= 4 is 11.9 Å². The number of amides is 1. The van der Waals surface area contributed by atoms with Crippen molar-refractivity contribution < 1.29 is 4.79 Å². The number of aryl methyl sites for hydroxylation is 2. The maximum atomic E-state index is 11.8. The second-order valence-corrected chi connectivity index (χ2v) is 4.21. The molecule has 94 valence electrons. The zero-order valence-electron chi connectivity index (χ0n) is 10.7. The van der Waals surface area contributed by atoms with Crippen LogP contribution in [0.25, 0.3) is 0 Å². The first-order valence-electron chi connectivity index (χ1n) is 5.70. The van der Waals surface area contributed by atoms with E-state index in [2.05, 4.69) is 20.5 Å². The molecule has 1 aromatic rings. The largest absolute Gasteiger partial charge is 0.320 e. The molecule has 3 N–H and O–H groups in total. The Morgan fingerprint density at radius 3 is 2.53 bits per heavy atom. The van der Waals surface area contributed by atoms with E-state index in [1.807, 2.05) is 27.7 Å². The predicted octanol–water partition coefficient (Wildman–Crippen LogP) is 0.800. The Balaban J connectivity index is 2.71. The van der Waals surface area contributed by atoms with Crippen molar-refractivity contribution in [3.8, 4) is 0 Å². The van der Waals surface area contributed by atoms with Crippen LogP contribution in [0.3, 0.4) is 0 Å². The average Bonchev–Trinajstić information content (AvgIpc) is 2.31. The van der Waals surface area contributed by atoms with E-state index in [1.165, 1.54) is 0 Å². The molecule has 0 aromatic carbocycles. The average molecular weight is 237 g/mol. The van der Waals surface area contributed by atoms with E-state index in [0.717, 1.165) is 17.8 Å². The van der Waals surface area contributed by atoms with Crippen molar-refractivity contribution in [1.82, 2.24) is 15.2 Å². The number of carbonyl (C=O) groups is 1. The number of nitrogens with two attached hydrogens (primary N) is 1. The number of hydrogen-bond acceptors (Lipinski definition) is 5. The van der Waals surface area contributed by atoms with Crippen molar-refractivity contribution in [3.63, 3.8) is 0 Å². The molecular formula is C11H19N5O. The van der Waals surface area contributed by atoms with E-state index >= 15 is 0 Å². The van der Waals surface area contributed by atoms with Crippen LogP contribution in [0.15, 0.2) is 0 Å². The molecule has 0 saturated carbocycles. The fourth-order valence-electron chi connectivity index (χ4n) is 1.22. The van der Waals surface area contributed by atoms with Crippen LogP contribution in [0.5, 0.6) is 0 Å². The zero-order chi connectivity index (χ0) is 13.0. The summed E-state index contributed by atoms with van der Waals surface area (Å²) in [4.78, 5) is 15.9. The van der Waals surface area contributed by atoms with Gasteiger partial charge in [-0.05, 0) is 19.8 Å². The van der Waals surface area contributed by atoms with Crippen LogP contribution >= 0.6 is 0 Å². The van der Waals surface area contributed by atoms with Gasteiger partial charge in [0.2, 0.25) is 11.9 Å². The van der Waals surface area contributed by atoms with Crippen LogP contribution in [0.2, 0.25) is 0 Å². The molecule has 17 heavy (non-hydrogen) atoms. The smallest absolute Gasteiger partial charge is 0.249 e. The number of carbonyl (C=O) groups excluding carboxylic acids is 1. The second-order valence-electron chi connectivity index (χ2n) is 4.21. The van der Waals surface area contributed by atoms with Gasteiger partial charge in [0.15, 0.2) is 0 Å². The van der Waals surface area contributed by atoms with Crippen LogP contribution < -0.4 is 11.1 Å². The summed E-state index contributed by atoms with van der Waals surface area (Å²) in [7, 11) is 0. The molecule has 6 heteroatoms. The minimum Gasteiger partial charge on any atom is -0.320 e. The van der Waals surface area contributed by atoms with Crippen LogP contribution in [0, 0.1) is 19.8 Å². The molecule has 0 unspecified atom stereocenters. The number of hydrogen-bond donors (Lipinski definition) is 2. The van der Waals surface area contributed by atoms with E-state index < -0.39 is 6.04 Å². The van der Waals surface area contributed by atoms with Crippen molar-refractivity contribution in [2.75, 3.05) is 5.32 Å². The quantitative estimate of drug-likeness (QED) is 0.807. The van der Waals surface area contributed by atoms with E-state index in [0.29, 0.717) is 0 Å². The van der Waals surface area contributed by atoms with E-state index in [-0.39, 0.29) is 17.8 Å². The fraction of sp³-hybridized carbons (Fsp3) is 0.636. The Morgan fingerprint density at radius 1 is 1.35 bits per heavy atom. The highest BCUT2D eigenvalue weighted by atomic mass is 16.2. The highest BCUT2D eigenvalue weighted by molar-refractivity contribution is 5.93. The Labute approximate surface area is 101 Å².